The Morgan fingerprint density at radius 3 is 2.76 bits per heavy atom. The number of nitriles is 1. The highest BCUT2D eigenvalue weighted by atomic mass is 35.5. The fraction of sp³-hybridized carbons (Fsp3) is 0.273. The summed E-state index contributed by atoms with van der Waals surface area (Å²) in [6.45, 7) is 4.10. The predicted octanol–water partition coefficient (Wildman–Crippen LogP) is 5.46. The van der Waals surface area contributed by atoms with Gasteiger partial charge in [-0.25, -0.2) is 14.4 Å². The predicted molar refractivity (Wildman–Crippen MR) is 114 cm³/mol. The number of halogens is 2. The van der Waals surface area contributed by atoms with Crippen LogP contribution in [0.2, 0.25) is 0 Å². The first-order chi connectivity index (χ1) is 14.0. The van der Waals surface area contributed by atoms with Gasteiger partial charge in [0.2, 0.25) is 5.95 Å². The average Bonchev–Trinajstić information content (AvgIpc) is 2.71. The van der Waals surface area contributed by atoms with Gasteiger partial charge in [-0.15, -0.1) is 0 Å². The first-order valence-corrected chi connectivity index (χ1v) is 9.66. The summed E-state index contributed by atoms with van der Waals surface area (Å²) in [6, 6.07) is 6.22. The minimum absolute atomic E-state index is 0.0816. The topological polar surface area (TPSA) is 74.0 Å². The second-order valence-electron chi connectivity index (χ2n) is 7.12. The highest BCUT2D eigenvalue weighted by molar-refractivity contribution is 6.29. The molecule has 1 aliphatic rings. The fourth-order valence-electron chi connectivity index (χ4n) is 3.36. The molecule has 0 amide bonds. The number of aliphatic imine (C=N–C) groups is 1. The van der Waals surface area contributed by atoms with Crippen molar-refractivity contribution in [2.24, 2.45) is 10.4 Å². The Balaban J connectivity index is 1.65. The van der Waals surface area contributed by atoms with Gasteiger partial charge in [-0.05, 0) is 61.7 Å². The summed E-state index contributed by atoms with van der Waals surface area (Å²) in [4.78, 5) is 12.3. The molecule has 29 heavy (non-hydrogen) atoms. The average molecular weight is 410 g/mol. The molecular weight excluding hydrogens is 389 g/mol. The molecule has 1 heterocycles. The van der Waals surface area contributed by atoms with E-state index in [-0.39, 0.29) is 5.41 Å². The molecule has 0 aliphatic heterocycles. The number of nitrogens with one attached hydrogen (secondary N) is 1. The second kappa shape index (κ2) is 9.44. The Bertz CT molecular complexity index is 972. The SMILES string of the molecule is C=N/C=C\C=C(\Cl)CC1(CNc2ncc(-c3cc(C#N)ccc3F)cn2)CCC1. The molecule has 0 bridgehead atoms. The van der Waals surface area contributed by atoms with E-state index in [4.69, 9.17) is 16.9 Å². The molecule has 7 heteroatoms. The van der Waals surface area contributed by atoms with E-state index in [1.807, 2.05) is 12.1 Å². The smallest absolute Gasteiger partial charge is 0.222 e. The molecule has 1 aromatic carbocycles. The molecule has 1 fully saturated rings. The zero-order valence-corrected chi connectivity index (χ0v) is 16.7. The molecule has 3 rings (SSSR count). The molecule has 2 aromatic rings. The molecule has 0 atom stereocenters. The molecule has 5 nitrogen and oxygen atoms in total. The fourth-order valence-corrected chi connectivity index (χ4v) is 3.72. The number of allylic oxidation sites excluding steroid dienone is 3. The molecule has 0 saturated heterocycles. The lowest BCUT2D eigenvalue weighted by molar-refractivity contribution is 0.153. The summed E-state index contributed by atoms with van der Waals surface area (Å²) < 4.78 is 14.1. The number of hydrogen-bond acceptors (Lipinski definition) is 5. The normalized spacial score (nSPS) is 15.6. The van der Waals surface area contributed by atoms with Crippen molar-refractivity contribution in [2.75, 3.05) is 11.9 Å². The highest BCUT2D eigenvalue weighted by Crippen LogP contribution is 2.46. The van der Waals surface area contributed by atoms with E-state index in [1.54, 1.807) is 24.7 Å². The van der Waals surface area contributed by atoms with Crippen LogP contribution in [0.5, 0.6) is 0 Å². The van der Waals surface area contributed by atoms with Crippen LogP contribution in [0.4, 0.5) is 10.3 Å². The number of hydrogen-bond donors (Lipinski definition) is 1. The van der Waals surface area contributed by atoms with Crippen LogP contribution in [0.3, 0.4) is 0 Å². The van der Waals surface area contributed by atoms with E-state index in [2.05, 4.69) is 27.0 Å². The molecule has 1 saturated carbocycles. The van der Waals surface area contributed by atoms with Gasteiger partial charge in [-0.1, -0.05) is 18.0 Å². The van der Waals surface area contributed by atoms with E-state index in [0.29, 0.717) is 29.2 Å². The van der Waals surface area contributed by atoms with E-state index in [9.17, 15) is 4.39 Å². The highest BCUT2D eigenvalue weighted by Gasteiger charge is 2.37. The van der Waals surface area contributed by atoms with Gasteiger partial charge in [0, 0.05) is 41.3 Å². The van der Waals surface area contributed by atoms with Gasteiger partial charge < -0.3 is 5.32 Å². The number of aromatic nitrogens is 2. The van der Waals surface area contributed by atoms with Crippen LogP contribution in [-0.2, 0) is 0 Å². The van der Waals surface area contributed by atoms with Crippen LogP contribution < -0.4 is 5.32 Å². The molecule has 0 spiro atoms. The summed E-state index contributed by atoms with van der Waals surface area (Å²) >= 11 is 6.35. The van der Waals surface area contributed by atoms with Crippen molar-refractivity contribution in [1.82, 2.24) is 9.97 Å². The van der Waals surface area contributed by atoms with Gasteiger partial charge in [0.1, 0.15) is 5.82 Å². The number of rotatable bonds is 8. The third-order valence-corrected chi connectivity index (χ3v) is 5.37. The summed E-state index contributed by atoms with van der Waals surface area (Å²) in [6.07, 6.45) is 12.4. The van der Waals surface area contributed by atoms with Crippen LogP contribution in [0.25, 0.3) is 11.1 Å². The standard InChI is InChI=1S/C22H21ClFN5/c1-26-9-2-4-18(23)11-22(7-3-8-22)15-29-21-27-13-17(14-28-21)19-10-16(12-25)5-6-20(19)24/h2,4-6,9-10,13-14H,1,3,7-8,11,15H2,(H,27,28,29)/b9-2-,18-4+. The lowest BCUT2D eigenvalue weighted by Gasteiger charge is -2.42. The molecule has 0 radical (unpaired) electrons. The Labute approximate surface area is 174 Å². The summed E-state index contributed by atoms with van der Waals surface area (Å²) in [5, 5.41) is 13.1. The Morgan fingerprint density at radius 1 is 1.38 bits per heavy atom. The van der Waals surface area contributed by atoms with Gasteiger partial charge in [-0.3, -0.25) is 4.99 Å². The monoisotopic (exact) mass is 409 g/mol. The van der Waals surface area contributed by atoms with E-state index < -0.39 is 5.82 Å². The molecule has 0 unspecified atom stereocenters. The van der Waals surface area contributed by atoms with Crippen LogP contribution in [0.15, 0.2) is 59.0 Å². The van der Waals surface area contributed by atoms with Crippen molar-refractivity contribution in [3.63, 3.8) is 0 Å². The van der Waals surface area contributed by atoms with Gasteiger partial charge >= 0.3 is 0 Å². The van der Waals surface area contributed by atoms with Gasteiger partial charge in [0.05, 0.1) is 11.6 Å². The van der Waals surface area contributed by atoms with E-state index >= 15 is 0 Å². The van der Waals surface area contributed by atoms with Crippen LogP contribution in [0.1, 0.15) is 31.2 Å². The third kappa shape index (κ3) is 5.27. The first-order valence-electron chi connectivity index (χ1n) is 9.28. The second-order valence-corrected chi connectivity index (χ2v) is 7.61. The maximum absolute atomic E-state index is 14.1. The summed E-state index contributed by atoms with van der Waals surface area (Å²) in [5.74, 6) is 0.0663. The van der Waals surface area contributed by atoms with Crippen LogP contribution in [-0.4, -0.2) is 23.2 Å². The lowest BCUT2D eigenvalue weighted by atomic mass is 9.66. The minimum Gasteiger partial charge on any atom is -0.354 e. The minimum atomic E-state index is -0.413. The van der Waals surface area contributed by atoms with E-state index in [1.165, 1.54) is 24.6 Å². The van der Waals surface area contributed by atoms with Gasteiger partial charge in [0.25, 0.3) is 0 Å². The Morgan fingerprint density at radius 2 is 2.14 bits per heavy atom. The maximum atomic E-state index is 14.1. The molecule has 1 N–H and O–H groups in total. The number of nitrogens with zero attached hydrogens (tertiary/aromatic N) is 4. The van der Waals surface area contributed by atoms with Crippen LogP contribution >= 0.6 is 11.6 Å². The third-order valence-electron chi connectivity index (χ3n) is 5.11. The zero-order valence-electron chi connectivity index (χ0n) is 15.9. The van der Waals surface area contributed by atoms with Gasteiger partial charge in [0.15, 0.2) is 0 Å². The van der Waals surface area contributed by atoms with Crippen molar-refractivity contribution in [2.45, 2.75) is 25.7 Å². The Hall–Kier alpha value is -3.04. The lowest BCUT2D eigenvalue weighted by Crippen LogP contribution is -2.37. The quantitative estimate of drug-likeness (QED) is 0.463. The molecule has 148 valence electrons. The Kier molecular flexibility index (Phi) is 6.73. The van der Waals surface area contributed by atoms with E-state index in [0.717, 1.165) is 24.3 Å². The van der Waals surface area contributed by atoms with Crippen molar-refractivity contribution >= 4 is 24.3 Å². The largest absolute Gasteiger partial charge is 0.354 e. The van der Waals surface area contributed by atoms with Crippen molar-refractivity contribution in [3.8, 4) is 17.2 Å². The van der Waals surface area contributed by atoms with Crippen LogP contribution in [0, 0.1) is 22.6 Å². The number of anilines is 1. The van der Waals surface area contributed by atoms with Gasteiger partial charge in [-0.2, -0.15) is 5.26 Å². The summed E-state index contributed by atoms with van der Waals surface area (Å²) in [5.41, 5.74) is 1.31. The first kappa shape index (κ1) is 20.7. The maximum Gasteiger partial charge on any atom is 0.222 e. The molecule has 1 aliphatic carbocycles. The van der Waals surface area contributed by atoms with Crippen molar-refractivity contribution < 1.29 is 4.39 Å². The van der Waals surface area contributed by atoms with Crippen molar-refractivity contribution in [3.05, 3.63) is 65.4 Å². The molecule has 1 aromatic heterocycles. The molecular formula is C22H21ClFN5. The summed E-state index contributed by atoms with van der Waals surface area (Å²) in [7, 11) is 0. The van der Waals surface area contributed by atoms with Crippen molar-refractivity contribution in [1.29, 1.82) is 5.26 Å². The zero-order chi connectivity index (χ0) is 20.7. The number of benzene rings is 1.